The van der Waals surface area contributed by atoms with Crippen molar-refractivity contribution in [1.29, 1.82) is 0 Å². The highest BCUT2D eigenvalue weighted by Crippen LogP contribution is 2.21. The monoisotopic (exact) mass is 206 g/mol. The van der Waals surface area contributed by atoms with Gasteiger partial charge in [-0.1, -0.05) is 38.1 Å². The number of carbonyl (C=O) groups is 1. The molecule has 0 bridgehead atoms. The first-order valence-corrected chi connectivity index (χ1v) is 5.03. The highest BCUT2D eigenvalue weighted by atomic mass is 19.1. The minimum atomic E-state index is -0.348. The summed E-state index contributed by atoms with van der Waals surface area (Å²) in [7, 11) is 0. The lowest BCUT2D eigenvalue weighted by atomic mass is 9.94. The summed E-state index contributed by atoms with van der Waals surface area (Å²) in [6.07, 6.45) is 1.67. The fraction of sp³-hybridized carbons (Fsp3) is 0.308. The van der Waals surface area contributed by atoms with E-state index in [1.54, 1.807) is 31.2 Å². The zero-order chi connectivity index (χ0) is 11.4. The van der Waals surface area contributed by atoms with Crippen LogP contribution in [0, 0.1) is 11.7 Å². The van der Waals surface area contributed by atoms with E-state index in [2.05, 4.69) is 0 Å². The molecular weight excluding hydrogens is 191 g/mol. The van der Waals surface area contributed by atoms with E-state index in [0.29, 0.717) is 11.1 Å². The van der Waals surface area contributed by atoms with Crippen LogP contribution in [0.25, 0.3) is 5.57 Å². The Bertz CT molecular complexity index is 391. The highest BCUT2D eigenvalue weighted by Gasteiger charge is 2.16. The second-order valence-corrected chi connectivity index (χ2v) is 3.70. The van der Waals surface area contributed by atoms with Crippen molar-refractivity contribution in [3.8, 4) is 0 Å². The maximum Gasteiger partial charge on any atom is 0.165 e. The number of benzene rings is 1. The van der Waals surface area contributed by atoms with Gasteiger partial charge < -0.3 is 0 Å². The number of Topliss-reactive ketones (excluding diaryl/α,β-unsaturated/α-hetero) is 1. The zero-order valence-corrected chi connectivity index (χ0v) is 9.25. The number of halogens is 1. The maximum atomic E-state index is 13.5. The summed E-state index contributed by atoms with van der Waals surface area (Å²) in [6.45, 7) is 5.38. The number of hydrogen-bond acceptors (Lipinski definition) is 1. The van der Waals surface area contributed by atoms with E-state index in [0.717, 1.165) is 0 Å². The second kappa shape index (κ2) is 4.87. The molecule has 1 aromatic carbocycles. The molecular formula is C13H15FO. The van der Waals surface area contributed by atoms with Gasteiger partial charge in [0.15, 0.2) is 5.78 Å². The summed E-state index contributed by atoms with van der Waals surface area (Å²) in [5, 5.41) is 0. The Kier molecular flexibility index (Phi) is 3.78. The summed E-state index contributed by atoms with van der Waals surface area (Å²) >= 11 is 0. The summed E-state index contributed by atoms with van der Waals surface area (Å²) in [6, 6.07) is 6.35. The van der Waals surface area contributed by atoms with Crippen LogP contribution in [0.4, 0.5) is 4.39 Å². The quantitative estimate of drug-likeness (QED) is 0.692. The van der Waals surface area contributed by atoms with Gasteiger partial charge in [0.05, 0.1) is 0 Å². The number of hydrogen-bond donors (Lipinski definition) is 0. The number of allylic oxidation sites excluding steroid dienone is 2. The van der Waals surface area contributed by atoms with Crippen molar-refractivity contribution in [3.63, 3.8) is 0 Å². The highest BCUT2D eigenvalue weighted by molar-refractivity contribution is 6.21. The average Bonchev–Trinajstić information content (AvgIpc) is 2.21. The molecule has 1 nitrogen and oxygen atoms in total. The molecule has 0 heterocycles. The first kappa shape index (κ1) is 11.6. The molecule has 0 N–H and O–H groups in total. The molecule has 1 rings (SSSR count). The molecule has 0 spiro atoms. The Morgan fingerprint density at radius 1 is 1.33 bits per heavy atom. The number of ketones is 1. The van der Waals surface area contributed by atoms with Crippen LogP contribution in [0.2, 0.25) is 0 Å². The number of rotatable bonds is 3. The van der Waals surface area contributed by atoms with E-state index in [9.17, 15) is 9.18 Å². The Morgan fingerprint density at radius 2 is 1.93 bits per heavy atom. The predicted octanol–water partition coefficient (Wildman–Crippen LogP) is 3.45. The molecule has 0 aliphatic rings. The van der Waals surface area contributed by atoms with Crippen LogP contribution in [0.3, 0.4) is 0 Å². The molecule has 0 aliphatic carbocycles. The van der Waals surface area contributed by atoms with Gasteiger partial charge >= 0.3 is 0 Å². The van der Waals surface area contributed by atoms with Crippen LogP contribution in [0.5, 0.6) is 0 Å². The van der Waals surface area contributed by atoms with Crippen LogP contribution in [0.1, 0.15) is 26.3 Å². The van der Waals surface area contributed by atoms with E-state index in [4.69, 9.17) is 0 Å². The van der Waals surface area contributed by atoms with Crippen molar-refractivity contribution in [2.75, 3.05) is 0 Å². The van der Waals surface area contributed by atoms with E-state index in [1.165, 1.54) is 6.07 Å². The summed E-state index contributed by atoms with van der Waals surface area (Å²) in [4.78, 5) is 11.8. The molecule has 0 aromatic heterocycles. The van der Waals surface area contributed by atoms with Crippen molar-refractivity contribution in [3.05, 3.63) is 41.7 Å². The summed E-state index contributed by atoms with van der Waals surface area (Å²) in [5.41, 5.74) is 0.849. The molecule has 0 fully saturated rings. The maximum absolute atomic E-state index is 13.5. The lowest BCUT2D eigenvalue weighted by Crippen LogP contribution is -2.10. The molecule has 0 aliphatic heterocycles. The molecule has 0 unspecified atom stereocenters. The van der Waals surface area contributed by atoms with Crippen LogP contribution >= 0.6 is 0 Å². The number of carbonyl (C=O) groups excluding carboxylic acids is 1. The van der Waals surface area contributed by atoms with Crippen LogP contribution < -0.4 is 0 Å². The lowest BCUT2D eigenvalue weighted by Gasteiger charge is -2.09. The zero-order valence-electron chi connectivity index (χ0n) is 9.25. The smallest absolute Gasteiger partial charge is 0.165 e. The van der Waals surface area contributed by atoms with Gasteiger partial charge in [0.1, 0.15) is 5.82 Å². The van der Waals surface area contributed by atoms with Gasteiger partial charge in [-0.3, -0.25) is 4.79 Å². The molecule has 0 saturated heterocycles. The molecule has 2 heteroatoms. The summed E-state index contributed by atoms with van der Waals surface area (Å²) < 4.78 is 13.5. The largest absolute Gasteiger partial charge is 0.294 e. The second-order valence-electron chi connectivity index (χ2n) is 3.70. The van der Waals surface area contributed by atoms with Gasteiger partial charge in [0.25, 0.3) is 0 Å². The van der Waals surface area contributed by atoms with Crippen molar-refractivity contribution in [2.24, 2.45) is 5.92 Å². The predicted molar refractivity (Wildman–Crippen MR) is 59.9 cm³/mol. The van der Waals surface area contributed by atoms with Crippen LogP contribution in [-0.4, -0.2) is 5.78 Å². The fourth-order valence-electron chi connectivity index (χ4n) is 1.42. The van der Waals surface area contributed by atoms with Crippen molar-refractivity contribution < 1.29 is 9.18 Å². The molecule has 15 heavy (non-hydrogen) atoms. The fourth-order valence-corrected chi connectivity index (χ4v) is 1.42. The lowest BCUT2D eigenvalue weighted by molar-refractivity contribution is -0.116. The molecule has 0 amide bonds. The molecule has 0 saturated carbocycles. The Hall–Kier alpha value is -1.44. The van der Waals surface area contributed by atoms with E-state index < -0.39 is 0 Å². The third-order valence-electron chi connectivity index (χ3n) is 2.24. The Labute approximate surface area is 89.6 Å². The molecule has 0 atom stereocenters. The standard InChI is InChI=1S/C13H15FO/c1-4-10(13(15)9(2)3)11-7-5-6-8-12(11)14/h4-9H,1-3H3/b10-4+. The van der Waals surface area contributed by atoms with Crippen LogP contribution in [0.15, 0.2) is 30.3 Å². The Balaban J connectivity index is 3.16. The van der Waals surface area contributed by atoms with Gasteiger partial charge in [0.2, 0.25) is 0 Å². The third kappa shape index (κ3) is 2.52. The van der Waals surface area contributed by atoms with Crippen molar-refractivity contribution in [1.82, 2.24) is 0 Å². The first-order valence-electron chi connectivity index (χ1n) is 5.03. The van der Waals surface area contributed by atoms with Gasteiger partial charge in [0, 0.05) is 17.1 Å². The first-order chi connectivity index (χ1) is 7.07. The van der Waals surface area contributed by atoms with Crippen LogP contribution in [-0.2, 0) is 4.79 Å². The van der Waals surface area contributed by atoms with Gasteiger partial charge in [-0.05, 0) is 13.0 Å². The molecule has 80 valence electrons. The third-order valence-corrected chi connectivity index (χ3v) is 2.24. The SMILES string of the molecule is C/C=C(/C(=O)C(C)C)c1ccccc1F. The topological polar surface area (TPSA) is 17.1 Å². The van der Waals surface area contributed by atoms with E-state index in [-0.39, 0.29) is 17.5 Å². The van der Waals surface area contributed by atoms with Gasteiger partial charge in [-0.15, -0.1) is 0 Å². The summed E-state index contributed by atoms with van der Waals surface area (Å²) in [5.74, 6) is -0.488. The molecule has 0 radical (unpaired) electrons. The average molecular weight is 206 g/mol. The van der Waals surface area contributed by atoms with E-state index >= 15 is 0 Å². The van der Waals surface area contributed by atoms with E-state index in [1.807, 2.05) is 13.8 Å². The van der Waals surface area contributed by atoms with Gasteiger partial charge in [-0.2, -0.15) is 0 Å². The molecule has 1 aromatic rings. The Morgan fingerprint density at radius 3 is 2.40 bits per heavy atom. The van der Waals surface area contributed by atoms with Crippen molar-refractivity contribution in [2.45, 2.75) is 20.8 Å². The van der Waals surface area contributed by atoms with Crippen molar-refractivity contribution >= 4 is 11.4 Å². The minimum Gasteiger partial charge on any atom is -0.294 e. The van der Waals surface area contributed by atoms with Gasteiger partial charge in [-0.25, -0.2) is 4.39 Å². The normalized spacial score (nSPS) is 11.9. The minimum absolute atomic E-state index is 0.0254.